The Morgan fingerprint density at radius 1 is 1.00 bits per heavy atom. The summed E-state index contributed by atoms with van der Waals surface area (Å²) < 4.78 is 13.7. The van der Waals surface area contributed by atoms with Crippen LogP contribution in [0.25, 0.3) is 0 Å². The van der Waals surface area contributed by atoms with E-state index in [9.17, 15) is 24.1 Å². The van der Waals surface area contributed by atoms with Crippen LogP contribution in [0, 0.1) is 0 Å². The molecular formula is C6H15Ca3O10P. The molecular weight excluding hydrogens is 383 g/mol. The maximum atomic E-state index is 10.8. The van der Waals surface area contributed by atoms with Crippen LogP contribution in [-0.2, 0) is 23.5 Å². The van der Waals surface area contributed by atoms with E-state index >= 15 is 0 Å². The van der Waals surface area contributed by atoms with Gasteiger partial charge in [0.25, 0.3) is 0 Å². The molecule has 0 aliphatic carbocycles. The quantitative estimate of drug-likeness (QED) is 0.216. The van der Waals surface area contributed by atoms with Crippen LogP contribution >= 0.6 is 7.82 Å². The summed E-state index contributed by atoms with van der Waals surface area (Å²) in [5, 5.41) is 26.1. The van der Waals surface area contributed by atoms with Crippen molar-refractivity contribution >= 4 is 139 Å². The molecule has 5 N–H and O–H groups in total. The topological polar surface area (TPSA) is 179 Å². The summed E-state index contributed by atoms with van der Waals surface area (Å²) in [5.74, 6) is -5.47. The predicted molar refractivity (Wildman–Crippen MR) is 73.2 cm³/mol. The van der Waals surface area contributed by atoms with Gasteiger partial charge in [0.1, 0.15) is 0 Å². The molecule has 1 unspecified atom stereocenters. The molecule has 0 aliphatic rings. The number of carbonyl (C=O) groups excluding carboxylic acids is 1. The maximum absolute atomic E-state index is 10.8. The zero-order valence-electron chi connectivity index (χ0n) is 8.14. The molecule has 0 aliphatic heterocycles. The molecule has 20 heavy (non-hydrogen) atoms. The van der Waals surface area contributed by atoms with Crippen molar-refractivity contribution in [3.63, 3.8) is 0 Å². The van der Waals surface area contributed by atoms with Gasteiger partial charge in [0, 0.05) is 0 Å². The number of carbonyl (C=O) groups is 3. The Kier molecular flexibility index (Phi) is 19.2. The first-order valence-electron chi connectivity index (χ1n) is 3.92. The number of phosphoric acid groups is 1. The molecule has 10 nitrogen and oxygen atoms in total. The van der Waals surface area contributed by atoms with Gasteiger partial charge in [-0.15, -0.1) is 0 Å². The van der Waals surface area contributed by atoms with Crippen molar-refractivity contribution in [3.05, 3.63) is 0 Å². The third kappa shape index (κ3) is 13.9. The van der Waals surface area contributed by atoms with Crippen molar-refractivity contribution < 1.29 is 48.6 Å². The minimum atomic E-state index is -5.17. The standard InChI is InChI=1S/C6H9O10P.3Ca.6H/c7-3(8)1-6(12,5(10)11)2-4(9)16-17(13,14)15;;;;;;;;;/h12H,1-2H2,(H,7,8)(H,10,11)(H2,13,14,15);;;;;;;;;. The Morgan fingerprint density at radius 3 is 1.65 bits per heavy atom. The van der Waals surface area contributed by atoms with Gasteiger partial charge in [-0.3, -0.25) is 19.4 Å². The van der Waals surface area contributed by atoms with Crippen LogP contribution in [0.4, 0.5) is 0 Å². The van der Waals surface area contributed by atoms with Crippen LogP contribution in [0.15, 0.2) is 0 Å². The molecule has 0 aromatic rings. The second-order valence-electron chi connectivity index (χ2n) is 3.04. The van der Waals surface area contributed by atoms with Crippen molar-refractivity contribution in [1.29, 1.82) is 0 Å². The van der Waals surface area contributed by atoms with Gasteiger partial charge in [-0.1, -0.05) is 0 Å². The van der Waals surface area contributed by atoms with Crippen molar-refractivity contribution in [2.45, 2.75) is 18.4 Å². The molecule has 0 spiro atoms. The Labute approximate surface area is 202 Å². The number of rotatable bonds is 6. The van der Waals surface area contributed by atoms with Gasteiger partial charge in [-0.2, -0.15) is 0 Å². The van der Waals surface area contributed by atoms with Crippen LogP contribution in [0.1, 0.15) is 12.8 Å². The van der Waals surface area contributed by atoms with E-state index in [2.05, 4.69) is 4.52 Å². The summed E-state index contributed by atoms with van der Waals surface area (Å²) >= 11 is 0. The summed E-state index contributed by atoms with van der Waals surface area (Å²) in [4.78, 5) is 48.1. The summed E-state index contributed by atoms with van der Waals surface area (Å²) in [6.07, 6.45) is -2.72. The van der Waals surface area contributed by atoms with Gasteiger partial charge >= 0.3 is 139 Å². The van der Waals surface area contributed by atoms with E-state index in [1.54, 1.807) is 0 Å². The first kappa shape index (κ1) is 30.2. The average Bonchev–Trinajstić information content (AvgIpc) is 1.96. The van der Waals surface area contributed by atoms with E-state index in [1.165, 1.54) is 0 Å². The fraction of sp³-hybridized carbons (Fsp3) is 0.500. The molecule has 0 heterocycles. The molecule has 0 rings (SSSR count). The number of hydrogen-bond acceptors (Lipinski definition) is 6. The Bertz CT molecular complexity index is 394. The second kappa shape index (κ2) is 12.7. The van der Waals surface area contributed by atoms with E-state index in [4.69, 9.17) is 20.0 Å². The molecule has 110 valence electrons. The number of aliphatic carboxylic acids is 2. The number of carboxylic acids is 2. The van der Waals surface area contributed by atoms with Gasteiger partial charge in [-0.25, -0.2) is 9.36 Å². The monoisotopic (exact) mass is 398 g/mol. The molecule has 0 saturated carbocycles. The van der Waals surface area contributed by atoms with Crippen LogP contribution in [-0.4, -0.2) is 162 Å². The van der Waals surface area contributed by atoms with Crippen molar-refractivity contribution in [2.75, 3.05) is 0 Å². The fourth-order valence-corrected chi connectivity index (χ4v) is 1.20. The van der Waals surface area contributed by atoms with E-state index in [0.29, 0.717) is 0 Å². The van der Waals surface area contributed by atoms with E-state index in [0.717, 1.165) is 0 Å². The molecule has 0 bridgehead atoms. The average molecular weight is 398 g/mol. The second-order valence-corrected chi connectivity index (χ2v) is 4.20. The first-order chi connectivity index (χ1) is 7.46. The van der Waals surface area contributed by atoms with E-state index < -0.39 is 44.2 Å². The van der Waals surface area contributed by atoms with Crippen molar-refractivity contribution in [2.24, 2.45) is 0 Å². The van der Waals surface area contributed by atoms with Crippen LogP contribution in [0.5, 0.6) is 0 Å². The Morgan fingerprint density at radius 2 is 1.40 bits per heavy atom. The van der Waals surface area contributed by atoms with Crippen LogP contribution in [0.3, 0.4) is 0 Å². The third-order valence-corrected chi connectivity index (χ3v) is 1.94. The summed E-state index contributed by atoms with van der Waals surface area (Å²) in [6.45, 7) is 0. The summed E-state index contributed by atoms with van der Waals surface area (Å²) in [7, 11) is -5.17. The molecule has 14 heteroatoms. The van der Waals surface area contributed by atoms with Gasteiger partial charge in [0.05, 0.1) is 12.8 Å². The van der Waals surface area contributed by atoms with Gasteiger partial charge in [-0.05, 0) is 0 Å². The molecule has 0 aromatic heterocycles. The zero-order valence-corrected chi connectivity index (χ0v) is 9.03. The van der Waals surface area contributed by atoms with Gasteiger partial charge < -0.3 is 19.8 Å². The van der Waals surface area contributed by atoms with E-state index in [1.807, 2.05) is 0 Å². The molecule has 0 amide bonds. The molecule has 0 radical (unpaired) electrons. The van der Waals surface area contributed by atoms with E-state index in [-0.39, 0.29) is 113 Å². The Hall–Kier alpha value is 2.30. The predicted octanol–water partition coefficient (Wildman–Crippen LogP) is -4.45. The third-order valence-electron chi connectivity index (χ3n) is 1.50. The molecule has 1 atom stereocenters. The van der Waals surface area contributed by atoms with Crippen LogP contribution in [0.2, 0.25) is 0 Å². The van der Waals surface area contributed by atoms with Crippen molar-refractivity contribution in [1.82, 2.24) is 0 Å². The number of aliphatic hydroxyl groups is 1. The van der Waals surface area contributed by atoms with Crippen LogP contribution < -0.4 is 0 Å². The first-order valence-corrected chi connectivity index (χ1v) is 5.45. The number of hydrogen-bond donors (Lipinski definition) is 5. The minimum absolute atomic E-state index is 0. The zero-order chi connectivity index (χ0) is 13.9. The van der Waals surface area contributed by atoms with Gasteiger partial charge in [0.2, 0.25) is 0 Å². The number of phosphoric ester groups is 1. The summed E-state index contributed by atoms with van der Waals surface area (Å²) in [6, 6.07) is 0. The molecule has 0 aromatic carbocycles. The summed E-state index contributed by atoms with van der Waals surface area (Å²) in [5.41, 5.74) is -2.99. The number of carboxylic acid groups (broad SMARTS) is 2. The SMILES string of the molecule is O=C(O)CC(O)(CC(=O)OP(=O)(O)O)C(=O)O.[CaH2].[CaH2].[CaH2]. The normalized spacial score (nSPS) is 12.6. The molecule has 0 fully saturated rings. The molecule has 0 saturated heterocycles. The van der Waals surface area contributed by atoms with Crippen molar-refractivity contribution in [3.8, 4) is 0 Å². The van der Waals surface area contributed by atoms with Gasteiger partial charge in [0.15, 0.2) is 5.60 Å². The fourth-order valence-electron chi connectivity index (χ4n) is 0.868. The Balaban J connectivity index is -0.000000427.